The summed E-state index contributed by atoms with van der Waals surface area (Å²) in [6.07, 6.45) is -1.25. The molecule has 2 aliphatic rings. The first-order chi connectivity index (χ1) is 10.0. The fraction of sp³-hybridized carbons (Fsp3) is 0.500. The third-order valence-corrected chi connectivity index (χ3v) is 4.77. The van der Waals surface area contributed by atoms with Gasteiger partial charge in [-0.05, 0) is 30.9 Å². The molecular formula is C14H15F3N2OS. The van der Waals surface area contributed by atoms with E-state index < -0.39 is 6.36 Å². The van der Waals surface area contributed by atoms with E-state index in [-0.39, 0.29) is 11.4 Å². The lowest BCUT2D eigenvalue weighted by atomic mass is 10.1. The Kier molecular flexibility index (Phi) is 4.01. The average molecular weight is 316 g/mol. The lowest BCUT2D eigenvalue weighted by Gasteiger charge is -2.24. The number of amidine groups is 1. The van der Waals surface area contributed by atoms with E-state index in [1.54, 1.807) is 23.9 Å². The summed E-state index contributed by atoms with van der Waals surface area (Å²) in [5, 5.41) is 3.65. The number of thioether (sulfide) groups is 1. The summed E-state index contributed by atoms with van der Waals surface area (Å²) in [6.45, 7) is 0. The van der Waals surface area contributed by atoms with Crippen LogP contribution in [0.5, 0.6) is 5.75 Å². The van der Waals surface area contributed by atoms with Crippen molar-refractivity contribution in [3.05, 3.63) is 24.3 Å². The van der Waals surface area contributed by atoms with Gasteiger partial charge in [-0.15, -0.1) is 13.2 Å². The number of hydrogen-bond acceptors (Lipinski definition) is 4. The van der Waals surface area contributed by atoms with Gasteiger partial charge in [0, 0.05) is 5.75 Å². The van der Waals surface area contributed by atoms with Gasteiger partial charge in [-0.1, -0.05) is 30.3 Å². The largest absolute Gasteiger partial charge is 0.573 e. The molecule has 1 fully saturated rings. The minimum atomic E-state index is -4.70. The van der Waals surface area contributed by atoms with Gasteiger partial charge in [-0.2, -0.15) is 0 Å². The third kappa shape index (κ3) is 3.64. The van der Waals surface area contributed by atoms with Crippen LogP contribution in [0.25, 0.3) is 0 Å². The molecule has 0 spiro atoms. The monoisotopic (exact) mass is 316 g/mol. The van der Waals surface area contributed by atoms with Crippen LogP contribution in [0.1, 0.15) is 19.3 Å². The van der Waals surface area contributed by atoms with Gasteiger partial charge < -0.3 is 10.1 Å². The standard InChI is InChI=1S/C14H15F3N2OS/c15-14(16,17)20-12-7-2-1-5-11(12)19-13-18-10-6-3-4-9(10)8-21-13/h1-2,5,7,9-10H,3-4,6,8H2,(H,18,19). The molecule has 7 heteroatoms. The topological polar surface area (TPSA) is 33.6 Å². The number of hydrogen-bond donors (Lipinski definition) is 1. The SMILES string of the molecule is FC(F)(F)Oc1ccccc1NC1=NC2CCCC2CS1. The summed E-state index contributed by atoms with van der Waals surface area (Å²) >= 11 is 1.56. The van der Waals surface area contributed by atoms with E-state index >= 15 is 0 Å². The predicted octanol–water partition coefficient (Wildman–Crippen LogP) is 4.27. The van der Waals surface area contributed by atoms with E-state index in [0.717, 1.165) is 12.2 Å². The fourth-order valence-electron chi connectivity index (χ4n) is 2.72. The highest BCUT2D eigenvalue weighted by Gasteiger charge is 2.33. The molecule has 0 aromatic heterocycles. The molecule has 3 nitrogen and oxygen atoms in total. The zero-order valence-corrected chi connectivity index (χ0v) is 12.0. The number of rotatable bonds is 2. The minimum Gasteiger partial charge on any atom is -0.404 e. The number of anilines is 1. The van der Waals surface area contributed by atoms with Crippen molar-refractivity contribution in [3.8, 4) is 5.75 Å². The number of ether oxygens (including phenoxy) is 1. The van der Waals surface area contributed by atoms with E-state index in [4.69, 9.17) is 0 Å². The lowest BCUT2D eigenvalue weighted by Crippen LogP contribution is -2.25. The van der Waals surface area contributed by atoms with Crippen LogP contribution in [0.15, 0.2) is 29.3 Å². The molecule has 0 bridgehead atoms. The second kappa shape index (κ2) is 5.79. The van der Waals surface area contributed by atoms with Gasteiger partial charge in [-0.25, -0.2) is 0 Å². The van der Waals surface area contributed by atoms with Gasteiger partial charge in [0.1, 0.15) is 0 Å². The molecule has 1 aromatic rings. The molecule has 2 atom stereocenters. The van der Waals surface area contributed by atoms with Crippen molar-refractivity contribution in [1.82, 2.24) is 0 Å². The molecular weight excluding hydrogens is 301 g/mol. The van der Waals surface area contributed by atoms with Crippen molar-refractivity contribution in [2.45, 2.75) is 31.7 Å². The summed E-state index contributed by atoms with van der Waals surface area (Å²) in [4.78, 5) is 4.61. The molecule has 0 saturated heterocycles. The van der Waals surface area contributed by atoms with Gasteiger partial charge in [0.05, 0.1) is 11.7 Å². The molecule has 3 rings (SSSR count). The van der Waals surface area contributed by atoms with Gasteiger partial charge in [0.2, 0.25) is 0 Å². The van der Waals surface area contributed by atoms with Crippen molar-refractivity contribution in [3.63, 3.8) is 0 Å². The van der Waals surface area contributed by atoms with Crippen LogP contribution < -0.4 is 10.1 Å². The average Bonchev–Trinajstić information content (AvgIpc) is 2.87. The maximum Gasteiger partial charge on any atom is 0.573 e. The van der Waals surface area contributed by atoms with Crippen LogP contribution in [0.3, 0.4) is 0 Å². The summed E-state index contributed by atoms with van der Waals surface area (Å²) in [7, 11) is 0. The minimum absolute atomic E-state index is 0.234. The smallest absolute Gasteiger partial charge is 0.404 e. The molecule has 1 aromatic carbocycles. The molecule has 2 unspecified atom stereocenters. The number of alkyl halides is 3. The highest BCUT2D eigenvalue weighted by molar-refractivity contribution is 8.14. The molecule has 21 heavy (non-hydrogen) atoms. The van der Waals surface area contributed by atoms with E-state index in [9.17, 15) is 13.2 Å². The van der Waals surface area contributed by atoms with Crippen LogP contribution in [-0.4, -0.2) is 23.3 Å². The number of nitrogens with one attached hydrogen (secondary N) is 1. The second-order valence-electron chi connectivity index (χ2n) is 5.17. The van der Waals surface area contributed by atoms with E-state index in [1.165, 1.54) is 25.0 Å². The Balaban J connectivity index is 1.76. The molecule has 0 radical (unpaired) electrons. The molecule has 1 aliphatic heterocycles. The molecule has 1 heterocycles. The van der Waals surface area contributed by atoms with Crippen LogP contribution in [-0.2, 0) is 0 Å². The fourth-order valence-corrected chi connectivity index (χ4v) is 3.88. The summed E-state index contributed by atoms with van der Waals surface area (Å²) in [5.74, 6) is 1.35. The van der Waals surface area contributed by atoms with Crippen LogP contribution in [0.4, 0.5) is 18.9 Å². The predicted molar refractivity (Wildman–Crippen MR) is 77.8 cm³/mol. The molecule has 1 N–H and O–H groups in total. The number of para-hydroxylation sites is 2. The van der Waals surface area contributed by atoms with Crippen molar-refractivity contribution in [2.24, 2.45) is 10.9 Å². The van der Waals surface area contributed by atoms with Crippen molar-refractivity contribution in [1.29, 1.82) is 0 Å². The third-order valence-electron chi connectivity index (χ3n) is 3.69. The van der Waals surface area contributed by atoms with Gasteiger partial charge in [0.25, 0.3) is 0 Å². The van der Waals surface area contributed by atoms with E-state index in [2.05, 4.69) is 15.0 Å². The maximum absolute atomic E-state index is 12.4. The first-order valence-electron chi connectivity index (χ1n) is 6.84. The highest BCUT2D eigenvalue weighted by Crippen LogP contribution is 2.37. The highest BCUT2D eigenvalue weighted by atomic mass is 32.2. The molecule has 0 amide bonds. The summed E-state index contributed by atoms with van der Waals surface area (Å²) in [5.41, 5.74) is 0.289. The Morgan fingerprint density at radius 1 is 1.24 bits per heavy atom. The van der Waals surface area contributed by atoms with E-state index in [1.807, 2.05) is 0 Å². The molecule has 1 aliphatic carbocycles. The first kappa shape index (κ1) is 14.6. The Labute approximate surface area is 125 Å². The van der Waals surface area contributed by atoms with Gasteiger partial charge in [0.15, 0.2) is 10.9 Å². The van der Waals surface area contributed by atoms with Crippen molar-refractivity contribution >= 4 is 22.6 Å². The first-order valence-corrected chi connectivity index (χ1v) is 7.82. The summed E-state index contributed by atoms with van der Waals surface area (Å²) < 4.78 is 41.2. The lowest BCUT2D eigenvalue weighted by molar-refractivity contribution is -0.274. The quantitative estimate of drug-likeness (QED) is 0.884. The van der Waals surface area contributed by atoms with Crippen molar-refractivity contribution in [2.75, 3.05) is 11.1 Å². The zero-order chi connectivity index (χ0) is 14.9. The summed E-state index contributed by atoms with van der Waals surface area (Å²) in [6, 6.07) is 6.34. The van der Waals surface area contributed by atoms with Crippen LogP contribution in [0, 0.1) is 5.92 Å². The normalized spacial score (nSPS) is 25.2. The Bertz CT molecular complexity index is 547. The number of benzene rings is 1. The Hall–Kier alpha value is -1.37. The second-order valence-corrected chi connectivity index (χ2v) is 6.18. The maximum atomic E-state index is 12.4. The number of aliphatic imine (C=N–C) groups is 1. The number of halogens is 3. The van der Waals surface area contributed by atoms with Gasteiger partial charge >= 0.3 is 6.36 Å². The Morgan fingerprint density at radius 2 is 2.05 bits per heavy atom. The molecule has 114 valence electrons. The number of nitrogens with zero attached hydrogens (tertiary/aromatic N) is 1. The van der Waals surface area contributed by atoms with Crippen LogP contribution in [0.2, 0.25) is 0 Å². The van der Waals surface area contributed by atoms with Crippen LogP contribution >= 0.6 is 11.8 Å². The zero-order valence-electron chi connectivity index (χ0n) is 11.2. The molecule has 1 saturated carbocycles. The van der Waals surface area contributed by atoms with E-state index in [0.29, 0.717) is 17.1 Å². The Morgan fingerprint density at radius 3 is 2.86 bits per heavy atom. The van der Waals surface area contributed by atoms with Gasteiger partial charge in [-0.3, -0.25) is 4.99 Å². The number of fused-ring (bicyclic) bond motifs is 1. The van der Waals surface area contributed by atoms with Crippen molar-refractivity contribution < 1.29 is 17.9 Å².